The van der Waals surface area contributed by atoms with Gasteiger partial charge in [0.2, 0.25) is 0 Å². The van der Waals surface area contributed by atoms with Crippen molar-refractivity contribution < 1.29 is 0 Å². The molecular formula is C14H21N3O3. The first-order valence-electron chi connectivity index (χ1n) is 6.67. The van der Waals surface area contributed by atoms with E-state index in [2.05, 4.69) is 13.2 Å². The number of hydrogen-bond donors (Lipinski definition) is 0. The lowest BCUT2D eigenvalue weighted by Crippen LogP contribution is -2.53. The molecule has 110 valence electrons. The number of unbranched alkanes of at least 4 members (excludes halogenated alkanes) is 2. The molecule has 1 aromatic heterocycles. The first kappa shape index (κ1) is 15.9. The minimum atomic E-state index is -0.566. The van der Waals surface area contributed by atoms with Crippen molar-refractivity contribution in [2.75, 3.05) is 0 Å². The molecule has 0 spiro atoms. The van der Waals surface area contributed by atoms with E-state index in [-0.39, 0.29) is 0 Å². The molecule has 6 heteroatoms. The topological polar surface area (TPSA) is 66.0 Å². The monoisotopic (exact) mass is 279 g/mol. The molecule has 0 aliphatic rings. The van der Waals surface area contributed by atoms with E-state index < -0.39 is 17.1 Å². The van der Waals surface area contributed by atoms with Crippen LogP contribution < -0.4 is 17.1 Å². The summed E-state index contributed by atoms with van der Waals surface area (Å²) in [6.07, 6.45) is 6.18. The van der Waals surface area contributed by atoms with Gasteiger partial charge in [0.15, 0.2) is 0 Å². The molecule has 0 bridgehead atoms. The van der Waals surface area contributed by atoms with Crippen molar-refractivity contribution in [3.05, 3.63) is 56.8 Å². The summed E-state index contributed by atoms with van der Waals surface area (Å²) in [5, 5.41) is 0. The maximum Gasteiger partial charge on any atom is 0.336 e. The second-order valence-corrected chi connectivity index (χ2v) is 4.57. The van der Waals surface area contributed by atoms with Crippen molar-refractivity contribution in [3.8, 4) is 0 Å². The van der Waals surface area contributed by atoms with E-state index in [1.54, 1.807) is 12.2 Å². The third-order valence-electron chi connectivity index (χ3n) is 3.08. The Balaban J connectivity index is 3.20. The number of hydrogen-bond acceptors (Lipinski definition) is 3. The standard InChI is InChI=1S/C14H21N3O3/c1-4-6-8-10-16-12(18)15(3)13(19)17(14(16)20)11-9-7-5-2/h4-5H,1-2,6-11H2,3H3. The molecule has 0 unspecified atom stereocenters. The second kappa shape index (κ2) is 7.47. The SMILES string of the molecule is C=CCCCn1c(=O)n(C)c(=O)n(CCCC=C)c1=O. The van der Waals surface area contributed by atoms with Crippen LogP contribution in [0.3, 0.4) is 0 Å². The van der Waals surface area contributed by atoms with Crippen LogP contribution >= 0.6 is 0 Å². The lowest BCUT2D eigenvalue weighted by molar-refractivity contribution is 0.456. The van der Waals surface area contributed by atoms with Gasteiger partial charge in [-0.3, -0.25) is 0 Å². The highest BCUT2D eigenvalue weighted by Gasteiger charge is 2.12. The van der Waals surface area contributed by atoms with Crippen molar-refractivity contribution >= 4 is 0 Å². The smallest absolute Gasteiger partial charge is 0.248 e. The van der Waals surface area contributed by atoms with Crippen molar-refractivity contribution in [1.82, 2.24) is 13.7 Å². The Morgan fingerprint density at radius 3 is 1.60 bits per heavy atom. The highest BCUT2D eigenvalue weighted by Crippen LogP contribution is 1.92. The fraction of sp³-hybridized carbons (Fsp3) is 0.500. The Kier molecular flexibility index (Phi) is 5.96. The van der Waals surface area contributed by atoms with Crippen LogP contribution in [-0.2, 0) is 20.1 Å². The summed E-state index contributed by atoms with van der Waals surface area (Å²) < 4.78 is 3.20. The van der Waals surface area contributed by atoms with Crippen molar-refractivity contribution in [3.63, 3.8) is 0 Å². The average molecular weight is 279 g/mol. The van der Waals surface area contributed by atoms with E-state index in [1.807, 2.05) is 0 Å². The zero-order valence-corrected chi connectivity index (χ0v) is 11.9. The van der Waals surface area contributed by atoms with Crippen LogP contribution in [0.4, 0.5) is 0 Å². The maximum absolute atomic E-state index is 12.2. The van der Waals surface area contributed by atoms with E-state index in [4.69, 9.17) is 0 Å². The lowest BCUT2D eigenvalue weighted by atomic mass is 10.3. The molecule has 0 aliphatic heterocycles. The van der Waals surface area contributed by atoms with Gasteiger partial charge in [-0.1, -0.05) is 12.2 Å². The fourth-order valence-corrected chi connectivity index (χ4v) is 1.92. The van der Waals surface area contributed by atoms with Gasteiger partial charge in [-0.25, -0.2) is 28.1 Å². The minimum Gasteiger partial charge on any atom is -0.248 e. The minimum absolute atomic E-state index is 0.291. The van der Waals surface area contributed by atoms with Crippen LogP contribution in [0, 0.1) is 0 Å². The normalized spacial score (nSPS) is 10.4. The van der Waals surface area contributed by atoms with E-state index in [1.165, 1.54) is 7.05 Å². The Hall–Kier alpha value is -2.11. The van der Waals surface area contributed by atoms with E-state index in [0.717, 1.165) is 13.7 Å². The van der Waals surface area contributed by atoms with Crippen LogP contribution in [0.1, 0.15) is 25.7 Å². The molecule has 1 aromatic rings. The zero-order chi connectivity index (χ0) is 15.1. The zero-order valence-electron chi connectivity index (χ0n) is 11.9. The molecule has 20 heavy (non-hydrogen) atoms. The summed E-state index contributed by atoms with van der Waals surface area (Å²) in [4.78, 5) is 36.1. The highest BCUT2D eigenvalue weighted by molar-refractivity contribution is 4.79. The van der Waals surface area contributed by atoms with Crippen LogP contribution in [-0.4, -0.2) is 13.7 Å². The average Bonchev–Trinajstić information content (AvgIpc) is 2.44. The summed E-state index contributed by atoms with van der Waals surface area (Å²) in [5.74, 6) is 0. The van der Waals surface area contributed by atoms with Crippen LogP contribution in [0.5, 0.6) is 0 Å². The summed E-state index contributed by atoms with van der Waals surface area (Å²) in [7, 11) is 1.39. The molecule has 0 amide bonds. The molecule has 0 radical (unpaired) electrons. The van der Waals surface area contributed by atoms with Crippen LogP contribution in [0.2, 0.25) is 0 Å². The first-order chi connectivity index (χ1) is 9.54. The van der Waals surface area contributed by atoms with Gasteiger partial charge in [-0.15, -0.1) is 13.2 Å². The third kappa shape index (κ3) is 3.46. The lowest BCUT2D eigenvalue weighted by Gasteiger charge is -2.11. The number of nitrogens with zero attached hydrogens (tertiary/aromatic N) is 3. The molecule has 0 N–H and O–H groups in total. The summed E-state index contributed by atoms with van der Waals surface area (Å²) in [5.41, 5.74) is -1.67. The number of allylic oxidation sites excluding steroid dienone is 2. The van der Waals surface area contributed by atoms with Gasteiger partial charge in [-0.2, -0.15) is 0 Å². The summed E-state index contributed by atoms with van der Waals surface area (Å²) in [6.45, 7) is 7.78. The Morgan fingerprint density at radius 1 is 0.850 bits per heavy atom. The number of rotatable bonds is 8. The fourth-order valence-electron chi connectivity index (χ4n) is 1.92. The highest BCUT2D eigenvalue weighted by atomic mass is 16.2. The van der Waals surface area contributed by atoms with Gasteiger partial charge in [0.1, 0.15) is 0 Å². The van der Waals surface area contributed by atoms with Crippen molar-refractivity contribution in [2.45, 2.75) is 38.8 Å². The predicted molar refractivity (Wildman–Crippen MR) is 79.1 cm³/mol. The summed E-state index contributed by atoms with van der Waals surface area (Å²) in [6, 6.07) is 0. The van der Waals surface area contributed by atoms with Crippen molar-refractivity contribution in [2.24, 2.45) is 7.05 Å². The van der Waals surface area contributed by atoms with Gasteiger partial charge in [0, 0.05) is 20.1 Å². The molecule has 0 aromatic carbocycles. The van der Waals surface area contributed by atoms with Gasteiger partial charge < -0.3 is 0 Å². The van der Waals surface area contributed by atoms with E-state index in [0.29, 0.717) is 38.8 Å². The van der Waals surface area contributed by atoms with Gasteiger partial charge >= 0.3 is 17.1 Å². The van der Waals surface area contributed by atoms with Gasteiger partial charge in [0.25, 0.3) is 0 Å². The molecule has 1 rings (SSSR count). The quantitative estimate of drug-likeness (QED) is 0.518. The molecule has 0 aliphatic carbocycles. The molecule has 1 heterocycles. The number of aromatic nitrogens is 3. The molecule has 6 nitrogen and oxygen atoms in total. The molecule has 0 saturated heterocycles. The maximum atomic E-state index is 12.2. The van der Waals surface area contributed by atoms with Crippen molar-refractivity contribution in [1.29, 1.82) is 0 Å². The van der Waals surface area contributed by atoms with E-state index >= 15 is 0 Å². The summed E-state index contributed by atoms with van der Waals surface area (Å²) >= 11 is 0. The molecular weight excluding hydrogens is 258 g/mol. The van der Waals surface area contributed by atoms with E-state index in [9.17, 15) is 14.4 Å². The molecule has 0 atom stereocenters. The van der Waals surface area contributed by atoms with Crippen LogP contribution in [0.15, 0.2) is 39.7 Å². The Bertz CT molecular complexity index is 597. The van der Waals surface area contributed by atoms with Gasteiger partial charge in [-0.05, 0) is 25.7 Å². The Morgan fingerprint density at radius 2 is 1.25 bits per heavy atom. The largest absolute Gasteiger partial charge is 0.336 e. The van der Waals surface area contributed by atoms with Gasteiger partial charge in [0.05, 0.1) is 0 Å². The third-order valence-corrected chi connectivity index (χ3v) is 3.08. The Labute approximate surface area is 117 Å². The molecule has 0 fully saturated rings. The first-order valence-corrected chi connectivity index (χ1v) is 6.67. The second-order valence-electron chi connectivity index (χ2n) is 4.57. The van der Waals surface area contributed by atoms with Crippen LogP contribution in [0.25, 0.3) is 0 Å². The molecule has 0 saturated carbocycles. The predicted octanol–water partition coefficient (Wildman–Crippen LogP) is 0.641.